The molecule has 0 saturated carbocycles. The van der Waals surface area contributed by atoms with Crippen molar-refractivity contribution in [3.8, 4) is 0 Å². The summed E-state index contributed by atoms with van der Waals surface area (Å²) in [6.07, 6.45) is 2.64. The van der Waals surface area contributed by atoms with Crippen LogP contribution in [0.15, 0.2) is 6.07 Å². The summed E-state index contributed by atoms with van der Waals surface area (Å²) in [6.45, 7) is 3.49. The molecule has 1 unspecified atom stereocenters. The number of hydrogen-bond acceptors (Lipinski definition) is 4. The fourth-order valence-electron chi connectivity index (χ4n) is 1.81. The summed E-state index contributed by atoms with van der Waals surface area (Å²) < 4.78 is 5.29. The van der Waals surface area contributed by atoms with Gasteiger partial charge in [-0.2, -0.15) is 0 Å². The zero-order valence-electron chi connectivity index (χ0n) is 8.77. The highest BCUT2D eigenvalue weighted by Crippen LogP contribution is 2.16. The van der Waals surface area contributed by atoms with E-state index in [-0.39, 0.29) is 0 Å². The molecule has 2 rings (SSSR count). The molecule has 1 aromatic heterocycles. The van der Waals surface area contributed by atoms with Crippen LogP contribution >= 0.6 is 0 Å². The Kier molecular flexibility index (Phi) is 3.06. The molecule has 1 aliphatic heterocycles. The number of aromatic nitrogens is 2. The molecule has 1 fully saturated rings. The number of ether oxygens (including phenoxy) is 1. The lowest BCUT2D eigenvalue weighted by atomic mass is 10.0. The Morgan fingerprint density at radius 3 is 3.13 bits per heavy atom. The smallest absolute Gasteiger partial charge is 0.168 e. The maximum absolute atomic E-state index is 10.6. The standard InChI is InChI=1S/C11H14N2O2/c1-8-4-10(6-14)13-11(12-8)5-9-2-3-15-7-9/h4,6,9H,2-3,5,7H2,1H3. The van der Waals surface area contributed by atoms with Gasteiger partial charge in [-0.15, -0.1) is 0 Å². The molecule has 0 N–H and O–H groups in total. The van der Waals surface area contributed by atoms with E-state index >= 15 is 0 Å². The molecule has 1 aliphatic rings. The van der Waals surface area contributed by atoms with Gasteiger partial charge in [0.2, 0.25) is 0 Å². The minimum Gasteiger partial charge on any atom is -0.381 e. The molecule has 1 aromatic rings. The predicted octanol–water partition coefficient (Wildman–Crippen LogP) is 1.18. The van der Waals surface area contributed by atoms with E-state index in [0.29, 0.717) is 11.6 Å². The van der Waals surface area contributed by atoms with Crippen LogP contribution in [0.2, 0.25) is 0 Å². The first-order valence-electron chi connectivity index (χ1n) is 5.15. The van der Waals surface area contributed by atoms with Crippen molar-refractivity contribution in [2.45, 2.75) is 19.8 Å². The van der Waals surface area contributed by atoms with Gasteiger partial charge in [0.25, 0.3) is 0 Å². The first-order chi connectivity index (χ1) is 7.28. The number of rotatable bonds is 3. The molecule has 2 heterocycles. The van der Waals surface area contributed by atoms with Gasteiger partial charge in [0, 0.05) is 25.3 Å². The van der Waals surface area contributed by atoms with E-state index in [9.17, 15) is 4.79 Å². The lowest BCUT2D eigenvalue weighted by Gasteiger charge is -2.06. The Balaban J connectivity index is 2.12. The summed E-state index contributed by atoms with van der Waals surface area (Å²) in [6, 6.07) is 1.70. The highest BCUT2D eigenvalue weighted by atomic mass is 16.5. The largest absolute Gasteiger partial charge is 0.381 e. The fourth-order valence-corrected chi connectivity index (χ4v) is 1.81. The summed E-state index contributed by atoms with van der Waals surface area (Å²) in [7, 11) is 0. The van der Waals surface area contributed by atoms with Crippen LogP contribution in [0.1, 0.15) is 28.4 Å². The van der Waals surface area contributed by atoms with Gasteiger partial charge in [-0.05, 0) is 25.3 Å². The number of carbonyl (C=O) groups is 1. The molecule has 0 aromatic carbocycles. The quantitative estimate of drug-likeness (QED) is 0.697. The fraction of sp³-hybridized carbons (Fsp3) is 0.545. The SMILES string of the molecule is Cc1cc(C=O)nc(CC2CCOC2)n1. The first kappa shape index (κ1) is 10.2. The summed E-state index contributed by atoms with van der Waals surface area (Å²) in [4.78, 5) is 19.1. The van der Waals surface area contributed by atoms with E-state index in [4.69, 9.17) is 4.74 Å². The molecule has 4 heteroatoms. The van der Waals surface area contributed by atoms with Crippen molar-refractivity contribution < 1.29 is 9.53 Å². The van der Waals surface area contributed by atoms with Gasteiger partial charge in [0.1, 0.15) is 11.5 Å². The maximum atomic E-state index is 10.6. The molecule has 0 amide bonds. The molecule has 15 heavy (non-hydrogen) atoms. The average Bonchev–Trinajstić information content (AvgIpc) is 2.69. The van der Waals surface area contributed by atoms with Crippen molar-refractivity contribution >= 4 is 6.29 Å². The van der Waals surface area contributed by atoms with Gasteiger partial charge in [0.05, 0.1) is 0 Å². The summed E-state index contributed by atoms with van der Waals surface area (Å²) in [5.74, 6) is 1.26. The van der Waals surface area contributed by atoms with Gasteiger partial charge in [0.15, 0.2) is 6.29 Å². The Labute approximate surface area is 88.7 Å². The third-order valence-electron chi connectivity index (χ3n) is 2.54. The first-order valence-corrected chi connectivity index (χ1v) is 5.15. The number of hydrogen-bond donors (Lipinski definition) is 0. The van der Waals surface area contributed by atoms with Crippen molar-refractivity contribution in [1.82, 2.24) is 9.97 Å². The topological polar surface area (TPSA) is 52.1 Å². The Morgan fingerprint density at radius 1 is 1.60 bits per heavy atom. The van der Waals surface area contributed by atoms with Crippen LogP contribution in [0, 0.1) is 12.8 Å². The third kappa shape index (κ3) is 2.59. The van der Waals surface area contributed by atoms with E-state index in [1.54, 1.807) is 6.07 Å². The second-order valence-corrected chi connectivity index (χ2v) is 3.90. The Hall–Kier alpha value is -1.29. The Morgan fingerprint density at radius 2 is 2.47 bits per heavy atom. The van der Waals surface area contributed by atoms with E-state index in [1.165, 1.54) is 0 Å². The molecular weight excluding hydrogens is 192 g/mol. The van der Waals surface area contributed by atoms with Crippen LogP contribution < -0.4 is 0 Å². The van der Waals surface area contributed by atoms with Gasteiger partial charge >= 0.3 is 0 Å². The van der Waals surface area contributed by atoms with Crippen LogP contribution in [0.3, 0.4) is 0 Å². The average molecular weight is 206 g/mol. The van der Waals surface area contributed by atoms with Crippen LogP contribution in [0.4, 0.5) is 0 Å². The molecule has 4 nitrogen and oxygen atoms in total. The summed E-state index contributed by atoms with van der Waals surface area (Å²) in [5.41, 5.74) is 1.32. The third-order valence-corrected chi connectivity index (χ3v) is 2.54. The highest BCUT2D eigenvalue weighted by molar-refractivity contribution is 5.71. The normalized spacial score (nSPS) is 20.5. The van der Waals surface area contributed by atoms with E-state index < -0.39 is 0 Å². The lowest BCUT2D eigenvalue weighted by Crippen LogP contribution is -2.09. The van der Waals surface area contributed by atoms with Crippen LogP contribution in [-0.2, 0) is 11.2 Å². The van der Waals surface area contributed by atoms with Gasteiger partial charge in [-0.3, -0.25) is 4.79 Å². The molecule has 80 valence electrons. The molecule has 0 radical (unpaired) electrons. The molecule has 1 atom stereocenters. The molecule has 0 aliphatic carbocycles. The zero-order valence-corrected chi connectivity index (χ0v) is 8.77. The Bertz CT molecular complexity index is 360. The molecule has 0 bridgehead atoms. The van der Waals surface area contributed by atoms with E-state index in [2.05, 4.69) is 9.97 Å². The van der Waals surface area contributed by atoms with Crippen molar-refractivity contribution in [2.75, 3.05) is 13.2 Å². The summed E-state index contributed by atoms with van der Waals surface area (Å²) in [5, 5.41) is 0. The van der Waals surface area contributed by atoms with Gasteiger partial charge in [-0.1, -0.05) is 0 Å². The second kappa shape index (κ2) is 4.49. The van der Waals surface area contributed by atoms with E-state index in [0.717, 1.165) is 43.9 Å². The van der Waals surface area contributed by atoms with Crippen LogP contribution in [0.5, 0.6) is 0 Å². The maximum Gasteiger partial charge on any atom is 0.168 e. The number of nitrogens with zero attached hydrogens (tertiary/aromatic N) is 2. The van der Waals surface area contributed by atoms with Crippen LogP contribution in [0.25, 0.3) is 0 Å². The minimum atomic E-state index is 0.469. The molecule has 1 saturated heterocycles. The van der Waals surface area contributed by atoms with E-state index in [1.807, 2.05) is 6.92 Å². The van der Waals surface area contributed by atoms with Crippen LogP contribution in [-0.4, -0.2) is 29.5 Å². The van der Waals surface area contributed by atoms with Crippen molar-refractivity contribution in [3.05, 3.63) is 23.3 Å². The predicted molar refractivity (Wildman–Crippen MR) is 54.8 cm³/mol. The number of aryl methyl sites for hydroxylation is 1. The molecular formula is C11H14N2O2. The second-order valence-electron chi connectivity index (χ2n) is 3.90. The highest BCUT2D eigenvalue weighted by Gasteiger charge is 2.17. The van der Waals surface area contributed by atoms with Crippen molar-refractivity contribution in [2.24, 2.45) is 5.92 Å². The monoisotopic (exact) mass is 206 g/mol. The zero-order chi connectivity index (χ0) is 10.7. The number of carbonyl (C=O) groups excluding carboxylic acids is 1. The molecule has 0 spiro atoms. The van der Waals surface area contributed by atoms with Crippen molar-refractivity contribution in [3.63, 3.8) is 0 Å². The summed E-state index contributed by atoms with van der Waals surface area (Å²) >= 11 is 0. The van der Waals surface area contributed by atoms with Gasteiger partial charge in [-0.25, -0.2) is 9.97 Å². The lowest BCUT2D eigenvalue weighted by molar-refractivity contribution is 0.111. The number of aldehydes is 1. The van der Waals surface area contributed by atoms with Gasteiger partial charge < -0.3 is 4.74 Å². The van der Waals surface area contributed by atoms with Crippen molar-refractivity contribution in [1.29, 1.82) is 0 Å². The minimum absolute atomic E-state index is 0.469.